The van der Waals surface area contributed by atoms with Gasteiger partial charge in [-0.3, -0.25) is 0 Å². The second-order valence-corrected chi connectivity index (χ2v) is 3.95. The largest absolute Gasteiger partial charge is 0.478 e. The van der Waals surface area contributed by atoms with E-state index in [9.17, 15) is 4.79 Å². The molecule has 0 aliphatic rings. The third kappa shape index (κ3) is 1.92. The summed E-state index contributed by atoms with van der Waals surface area (Å²) in [5.41, 5.74) is 7.76. The van der Waals surface area contributed by atoms with E-state index in [1.807, 2.05) is 0 Å². The van der Waals surface area contributed by atoms with Crippen molar-refractivity contribution in [2.45, 2.75) is 0 Å². The molecule has 1 heterocycles. The first-order valence-electron chi connectivity index (χ1n) is 4.42. The number of benzene rings is 1. The number of hydrogen-bond donors (Lipinski definition) is 3. The van der Waals surface area contributed by atoms with Gasteiger partial charge in [0.1, 0.15) is 5.52 Å². The second kappa shape index (κ2) is 3.97. The third-order valence-electron chi connectivity index (χ3n) is 2.05. The van der Waals surface area contributed by atoms with Crippen LogP contribution in [0.5, 0.6) is 0 Å². The molecule has 0 atom stereocenters. The summed E-state index contributed by atoms with van der Waals surface area (Å²) < 4.78 is 0.718. The smallest absolute Gasteiger partial charge is 0.328 e. The molecule has 0 amide bonds. The molecule has 0 spiro atoms. The molecule has 0 fully saturated rings. The number of nitrogens with one attached hydrogen (secondary N) is 1. The molecule has 4 N–H and O–H groups in total. The number of imidazole rings is 1. The molecule has 0 saturated heterocycles. The van der Waals surface area contributed by atoms with Crippen molar-refractivity contribution in [3.05, 3.63) is 28.2 Å². The fourth-order valence-electron chi connectivity index (χ4n) is 1.37. The van der Waals surface area contributed by atoms with Gasteiger partial charge >= 0.3 is 5.97 Å². The van der Waals surface area contributed by atoms with Gasteiger partial charge in [-0.15, -0.1) is 0 Å². The fraction of sp³-hybridized carbons (Fsp3) is 0. The van der Waals surface area contributed by atoms with Gasteiger partial charge in [0.05, 0.1) is 9.99 Å². The Hall–Kier alpha value is -1.82. The molecule has 2 rings (SSSR count). The van der Waals surface area contributed by atoms with Crippen LogP contribution in [-0.4, -0.2) is 21.0 Å². The van der Waals surface area contributed by atoms with Gasteiger partial charge in [0.15, 0.2) is 5.95 Å². The number of halogens is 1. The lowest BCUT2D eigenvalue weighted by molar-refractivity contribution is -0.131. The molecule has 5 nitrogen and oxygen atoms in total. The maximum atomic E-state index is 10.4. The summed E-state index contributed by atoms with van der Waals surface area (Å²) in [4.78, 5) is 17.4. The van der Waals surface area contributed by atoms with Crippen molar-refractivity contribution in [2.24, 2.45) is 0 Å². The molecule has 1 aromatic carbocycles. The van der Waals surface area contributed by atoms with Crippen LogP contribution in [0.3, 0.4) is 0 Å². The van der Waals surface area contributed by atoms with Gasteiger partial charge < -0.3 is 15.8 Å². The number of nitrogen functional groups attached to an aromatic ring is 1. The van der Waals surface area contributed by atoms with Crippen LogP contribution in [0.15, 0.2) is 22.7 Å². The normalized spacial score (nSPS) is 11.3. The van der Waals surface area contributed by atoms with E-state index in [-0.39, 0.29) is 0 Å². The number of nitrogens with two attached hydrogens (primary N) is 1. The minimum absolute atomic E-state index is 0.329. The van der Waals surface area contributed by atoms with Gasteiger partial charge in [0.2, 0.25) is 0 Å². The number of fused-ring (bicyclic) bond motifs is 1. The van der Waals surface area contributed by atoms with Crippen LogP contribution in [0.4, 0.5) is 5.95 Å². The predicted molar refractivity (Wildman–Crippen MR) is 64.9 cm³/mol. The lowest BCUT2D eigenvalue weighted by Crippen LogP contribution is -1.86. The van der Waals surface area contributed by atoms with E-state index in [4.69, 9.17) is 10.8 Å². The lowest BCUT2D eigenvalue weighted by atomic mass is 10.2. The van der Waals surface area contributed by atoms with Gasteiger partial charge in [0.25, 0.3) is 0 Å². The zero-order valence-electron chi connectivity index (χ0n) is 8.07. The monoisotopic (exact) mass is 281 g/mol. The van der Waals surface area contributed by atoms with Crippen molar-refractivity contribution in [2.75, 3.05) is 5.73 Å². The Kier molecular flexibility index (Phi) is 2.66. The van der Waals surface area contributed by atoms with Crippen LogP contribution >= 0.6 is 15.9 Å². The van der Waals surface area contributed by atoms with E-state index in [0.717, 1.165) is 21.6 Å². The zero-order valence-corrected chi connectivity index (χ0v) is 9.65. The Labute approximate surface area is 99.1 Å². The quantitative estimate of drug-likeness (QED) is 0.734. The van der Waals surface area contributed by atoms with Crippen molar-refractivity contribution in [1.82, 2.24) is 9.97 Å². The standard InChI is InChI=1S/C10H8BrN3O2/c11-8-5(2-4-7(15)16)1-3-6-9(8)14-10(12)13-6/h1-4H,(H,15,16)(H3,12,13,14)/b4-2+. The summed E-state index contributed by atoms with van der Waals surface area (Å²) in [6.45, 7) is 0. The number of rotatable bonds is 2. The Morgan fingerprint density at radius 2 is 2.31 bits per heavy atom. The average molecular weight is 282 g/mol. The van der Waals surface area contributed by atoms with Crippen molar-refractivity contribution in [3.63, 3.8) is 0 Å². The minimum atomic E-state index is -0.992. The summed E-state index contributed by atoms with van der Waals surface area (Å²) in [7, 11) is 0. The van der Waals surface area contributed by atoms with Crippen LogP contribution in [0, 0.1) is 0 Å². The van der Waals surface area contributed by atoms with E-state index >= 15 is 0 Å². The number of aromatic amines is 1. The number of carboxylic acids is 1. The number of nitrogens with zero attached hydrogens (tertiary/aromatic N) is 1. The molecule has 0 aliphatic heterocycles. The van der Waals surface area contributed by atoms with Gasteiger partial charge in [-0.05, 0) is 33.6 Å². The topological polar surface area (TPSA) is 92.0 Å². The molecule has 0 unspecified atom stereocenters. The van der Waals surface area contributed by atoms with Crippen molar-refractivity contribution in [1.29, 1.82) is 0 Å². The molecule has 16 heavy (non-hydrogen) atoms. The highest BCUT2D eigenvalue weighted by molar-refractivity contribution is 9.10. The first-order chi connectivity index (χ1) is 7.58. The molecule has 0 bridgehead atoms. The number of carbonyl (C=O) groups is 1. The maximum Gasteiger partial charge on any atom is 0.328 e. The van der Waals surface area contributed by atoms with E-state index in [0.29, 0.717) is 11.5 Å². The van der Waals surface area contributed by atoms with Crippen LogP contribution in [-0.2, 0) is 4.79 Å². The second-order valence-electron chi connectivity index (χ2n) is 3.16. The van der Waals surface area contributed by atoms with Gasteiger partial charge in [0, 0.05) is 6.08 Å². The Morgan fingerprint density at radius 1 is 1.56 bits per heavy atom. The molecule has 1 aromatic heterocycles. The van der Waals surface area contributed by atoms with Crippen LogP contribution in [0.1, 0.15) is 5.56 Å². The van der Waals surface area contributed by atoms with E-state index in [2.05, 4.69) is 25.9 Å². The summed E-state index contributed by atoms with van der Waals surface area (Å²) in [6.07, 6.45) is 2.57. The molecule has 0 saturated carbocycles. The highest BCUT2D eigenvalue weighted by Crippen LogP contribution is 2.27. The Morgan fingerprint density at radius 3 is 3.00 bits per heavy atom. The Balaban J connectivity index is 2.55. The average Bonchev–Trinajstić information content (AvgIpc) is 2.58. The summed E-state index contributed by atoms with van der Waals surface area (Å²) in [5, 5.41) is 8.54. The van der Waals surface area contributed by atoms with E-state index < -0.39 is 5.97 Å². The molecular weight excluding hydrogens is 274 g/mol. The van der Waals surface area contributed by atoms with Gasteiger partial charge in [-0.25, -0.2) is 9.78 Å². The van der Waals surface area contributed by atoms with Crippen LogP contribution in [0.25, 0.3) is 17.1 Å². The van der Waals surface area contributed by atoms with E-state index in [1.165, 1.54) is 6.08 Å². The lowest BCUT2D eigenvalue weighted by Gasteiger charge is -1.98. The number of H-pyrrole nitrogens is 1. The molecule has 0 radical (unpaired) electrons. The minimum Gasteiger partial charge on any atom is -0.478 e. The molecular formula is C10H8BrN3O2. The third-order valence-corrected chi connectivity index (χ3v) is 2.88. The summed E-state index contributed by atoms with van der Waals surface area (Å²) >= 11 is 3.36. The van der Waals surface area contributed by atoms with Crippen molar-refractivity contribution in [3.8, 4) is 0 Å². The molecule has 82 valence electrons. The number of anilines is 1. The number of aromatic nitrogens is 2. The van der Waals surface area contributed by atoms with Crippen LogP contribution in [0.2, 0.25) is 0 Å². The number of carboxylic acid groups (broad SMARTS) is 1. The van der Waals surface area contributed by atoms with Crippen LogP contribution < -0.4 is 5.73 Å². The highest BCUT2D eigenvalue weighted by Gasteiger charge is 2.07. The summed E-state index contributed by atoms with van der Waals surface area (Å²) in [6, 6.07) is 3.58. The Bertz CT molecular complexity index is 589. The van der Waals surface area contributed by atoms with E-state index in [1.54, 1.807) is 12.1 Å². The first kappa shape index (κ1) is 10.7. The van der Waals surface area contributed by atoms with Gasteiger partial charge in [-0.1, -0.05) is 6.07 Å². The van der Waals surface area contributed by atoms with Gasteiger partial charge in [-0.2, -0.15) is 0 Å². The highest BCUT2D eigenvalue weighted by atomic mass is 79.9. The maximum absolute atomic E-state index is 10.4. The van der Waals surface area contributed by atoms with Crippen molar-refractivity contribution < 1.29 is 9.90 Å². The first-order valence-corrected chi connectivity index (χ1v) is 5.22. The zero-order chi connectivity index (χ0) is 11.7. The molecule has 6 heteroatoms. The molecule has 0 aliphatic carbocycles. The fourth-order valence-corrected chi connectivity index (χ4v) is 1.93. The summed E-state index contributed by atoms with van der Waals surface area (Å²) in [5.74, 6) is -0.663. The molecule has 2 aromatic rings. The predicted octanol–water partition coefficient (Wildman–Crippen LogP) is 2.01. The SMILES string of the molecule is Nc1nc2c(Br)c(/C=C/C(=O)O)ccc2[nH]1. The number of aliphatic carboxylic acids is 1. The number of hydrogen-bond acceptors (Lipinski definition) is 3. The van der Waals surface area contributed by atoms with Crippen molar-refractivity contribution >= 4 is 45.0 Å².